The average molecular weight is 517 g/mol. The predicted molar refractivity (Wildman–Crippen MR) is 144 cm³/mol. The van der Waals surface area contributed by atoms with Crippen molar-refractivity contribution in [2.75, 3.05) is 7.11 Å². The van der Waals surface area contributed by atoms with Gasteiger partial charge in [-0.25, -0.2) is 15.4 Å². The van der Waals surface area contributed by atoms with Crippen LogP contribution in [0.3, 0.4) is 0 Å². The number of methoxy groups -OCH3 is 1. The summed E-state index contributed by atoms with van der Waals surface area (Å²) >= 11 is 6.34. The number of nitrogens with one attached hydrogen (secondary N) is 1. The van der Waals surface area contributed by atoms with E-state index in [2.05, 4.69) is 38.4 Å². The van der Waals surface area contributed by atoms with Crippen LogP contribution in [0, 0.1) is 5.92 Å². The minimum atomic E-state index is 0.107. The summed E-state index contributed by atoms with van der Waals surface area (Å²) in [6, 6.07) is 12.2. The molecule has 190 valence electrons. The minimum absolute atomic E-state index is 0.107. The third-order valence-corrected chi connectivity index (χ3v) is 6.99. The lowest BCUT2D eigenvalue weighted by Gasteiger charge is -2.22. The first kappa shape index (κ1) is 24.9. The van der Waals surface area contributed by atoms with E-state index in [1.165, 1.54) is 44.8 Å². The van der Waals surface area contributed by atoms with Gasteiger partial charge in [-0.1, -0.05) is 61.2 Å². The molecule has 3 heterocycles. The van der Waals surface area contributed by atoms with Crippen LogP contribution < -0.4 is 5.43 Å². The van der Waals surface area contributed by atoms with Gasteiger partial charge in [0.05, 0.1) is 23.2 Å². The standard InChI is InChI=1S/C28H29ClN6O2/c1-37-28(34-31-18-36)27-32-24(21-13-23(29)15-30-14-21)26-25(33-27)22(12-19-8-4-2-5-9-19)17-35(26)16-20-10-6-3-7-11-20/h2,4-5,8-9,13-15,17-18,20H,3,6-7,10-12,16H2,1H3,(H,31,36)/b34-28-. The highest BCUT2D eigenvalue weighted by molar-refractivity contribution is 6.30. The Hall–Kier alpha value is -3.78. The number of carbonyl (C=O) groups is 1. The van der Waals surface area contributed by atoms with Crippen molar-refractivity contribution >= 4 is 34.9 Å². The number of benzene rings is 1. The molecule has 8 nitrogen and oxygen atoms in total. The fraction of sp³-hybridized carbons (Fsp3) is 0.321. The normalized spacial score (nSPS) is 14.6. The van der Waals surface area contributed by atoms with E-state index < -0.39 is 0 Å². The Labute approximate surface area is 220 Å². The molecule has 0 radical (unpaired) electrons. The Bertz CT molecular complexity index is 1410. The van der Waals surface area contributed by atoms with Gasteiger partial charge in [0.15, 0.2) is 0 Å². The second-order valence-electron chi connectivity index (χ2n) is 9.33. The van der Waals surface area contributed by atoms with Gasteiger partial charge in [-0.05, 0) is 30.4 Å². The van der Waals surface area contributed by atoms with Crippen molar-refractivity contribution in [3.8, 4) is 11.3 Å². The summed E-state index contributed by atoms with van der Waals surface area (Å²) in [7, 11) is 1.47. The summed E-state index contributed by atoms with van der Waals surface area (Å²) in [5.41, 5.74) is 7.78. The fourth-order valence-corrected chi connectivity index (χ4v) is 5.29. The van der Waals surface area contributed by atoms with Gasteiger partial charge in [0, 0.05) is 42.7 Å². The molecule has 1 aliphatic rings. The molecule has 1 aliphatic carbocycles. The molecule has 0 bridgehead atoms. The summed E-state index contributed by atoms with van der Waals surface area (Å²) < 4.78 is 7.75. The first-order valence-electron chi connectivity index (χ1n) is 12.5. The fourth-order valence-electron chi connectivity index (χ4n) is 5.11. The van der Waals surface area contributed by atoms with Crippen molar-refractivity contribution in [1.29, 1.82) is 0 Å². The maximum absolute atomic E-state index is 10.9. The summed E-state index contributed by atoms with van der Waals surface area (Å²) in [5.74, 6) is 0.979. The molecular formula is C28H29ClN6O2. The van der Waals surface area contributed by atoms with Crippen LogP contribution >= 0.6 is 11.6 Å². The largest absolute Gasteiger partial charge is 0.477 e. The second-order valence-corrected chi connectivity index (χ2v) is 9.76. The lowest BCUT2D eigenvalue weighted by atomic mass is 9.89. The zero-order valence-electron chi connectivity index (χ0n) is 20.7. The van der Waals surface area contributed by atoms with E-state index in [9.17, 15) is 4.79 Å². The first-order valence-corrected chi connectivity index (χ1v) is 12.9. The maximum atomic E-state index is 10.9. The predicted octanol–water partition coefficient (Wildman–Crippen LogP) is 5.37. The van der Waals surface area contributed by atoms with Crippen LogP contribution in [0.5, 0.6) is 0 Å². The van der Waals surface area contributed by atoms with E-state index in [0.29, 0.717) is 29.5 Å². The number of amides is 1. The zero-order chi connectivity index (χ0) is 25.6. The van der Waals surface area contributed by atoms with Gasteiger partial charge in [0.25, 0.3) is 5.90 Å². The number of halogens is 1. The van der Waals surface area contributed by atoms with Gasteiger partial charge >= 0.3 is 0 Å². The highest BCUT2D eigenvalue weighted by Crippen LogP contribution is 2.34. The van der Waals surface area contributed by atoms with Crippen molar-refractivity contribution in [2.24, 2.45) is 11.0 Å². The summed E-state index contributed by atoms with van der Waals surface area (Å²) in [4.78, 5) is 25.0. The van der Waals surface area contributed by atoms with E-state index >= 15 is 0 Å². The van der Waals surface area contributed by atoms with Crippen LogP contribution in [-0.2, 0) is 22.5 Å². The molecule has 0 unspecified atom stereocenters. The Balaban J connectivity index is 1.74. The average Bonchev–Trinajstić information content (AvgIpc) is 3.26. The van der Waals surface area contributed by atoms with Crippen molar-refractivity contribution < 1.29 is 9.53 Å². The van der Waals surface area contributed by atoms with Crippen LogP contribution in [0.15, 0.2) is 60.1 Å². The first-order chi connectivity index (χ1) is 18.2. The Morgan fingerprint density at radius 2 is 2.00 bits per heavy atom. The molecule has 0 spiro atoms. The van der Waals surface area contributed by atoms with Crippen LogP contribution in [0.4, 0.5) is 0 Å². The van der Waals surface area contributed by atoms with E-state index in [4.69, 9.17) is 26.3 Å². The van der Waals surface area contributed by atoms with Crippen molar-refractivity contribution in [3.63, 3.8) is 0 Å². The van der Waals surface area contributed by atoms with Gasteiger partial charge < -0.3 is 9.30 Å². The molecule has 3 aromatic heterocycles. The number of nitrogens with zero attached hydrogens (tertiary/aromatic N) is 5. The van der Waals surface area contributed by atoms with Crippen LogP contribution in [0.1, 0.15) is 49.1 Å². The Morgan fingerprint density at radius 3 is 2.73 bits per heavy atom. The van der Waals surface area contributed by atoms with Gasteiger partial charge in [-0.2, -0.15) is 0 Å². The van der Waals surface area contributed by atoms with E-state index in [1.54, 1.807) is 12.4 Å². The number of hydrogen-bond acceptors (Lipinski definition) is 6. The number of aromatic nitrogens is 4. The van der Waals surface area contributed by atoms with E-state index in [-0.39, 0.29) is 11.7 Å². The highest BCUT2D eigenvalue weighted by atomic mass is 35.5. The van der Waals surface area contributed by atoms with Crippen LogP contribution in [-0.4, -0.2) is 38.9 Å². The molecule has 4 aromatic rings. The molecule has 0 saturated heterocycles. The Morgan fingerprint density at radius 1 is 1.19 bits per heavy atom. The molecule has 0 aliphatic heterocycles. The molecule has 1 aromatic carbocycles. The minimum Gasteiger partial charge on any atom is -0.477 e. The molecule has 37 heavy (non-hydrogen) atoms. The van der Waals surface area contributed by atoms with Gasteiger partial charge in [0.1, 0.15) is 5.69 Å². The monoisotopic (exact) mass is 516 g/mol. The number of pyridine rings is 1. The number of ether oxygens (including phenoxy) is 1. The molecule has 1 saturated carbocycles. The lowest BCUT2D eigenvalue weighted by molar-refractivity contribution is -0.109. The van der Waals surface area contributed by atoms with Crippen LogP contribution in [0.2, 0.25) is 5.02 Å². The SMILES string of the molecule is CO/C(=N\NC=O)c1nc(-c2cncc(Cl)c2)c2c(n1)c(Cc1ccccc1)cn2CC1CCCCC1. The molecular weight excluding hydrogens is 488 g/mol. The lowest BCUT2D eigenvalue weighted by Crippen LogP contribution is -2.16. The molecule has 0 atom stereocenters. The third kappa shape index (κ3) is 5.64. The van der Waals surface area contributed by atoms with Gasteiger partial charge in [-0.3, -0.25) is 9.78 Å². The highest BCUT2D eigenvalue weighted by Gasteiger charge is 2.23. The van der Waals surface area contributed by atoms with E-state index in [1.807, 2.05) is 24.3 Å². The smallest absolute Gasteiger partial charge is 0.276 e. The number of fused-ring (bicyclic) bond motifs is 1. The number of carbonyl (C=O) groups excluding carboxylic acids is 1. The van der Waals surface area contributed by atoms with E-state index in [0.717, 1.165) is 28.7 Å². The third-order valence-electron chi connectivity index (χ3n) is 6.79. The molecule has 9 heteroatoms. The van der Waals surface area contributed by atoms with Gasteiger partial charge in [0.2, 0.25) is 12.2 Å². The number of hydrogen-bond donors (Lipinski definition) is 1. The topological polar surface area (TPSA) is 94.3 Å². The molecule has 1 fully saturated rings. The van der Waals surface area contributed by atoms with Crippen molar-refractivity contribution in [1.82, 2.24) is 24.9 Å². The molecule has 1 N–H and O–H groups in total. The Kier molecular flexibility index (Phi) is 7.75. The van der Waals surface area contributed by atoms with Crippen LogP contribution in [0.25, 0.3) is 22.3 Å². The van der Waals surface area contributed by atoms with Crippen molar-refractivity contribution in [2.45, 2.75) is 45.1 Å². The number of hydrazone groups is 1. The quantitative estimate of drug-likeness (QED) is 0.147. The summed E-state index contributed by atoms with van der Waals surface area (Å²) in [6.45, 7) is 0.896. The summed E-state index contributed by atoms with van der Waals surface area (Å²) in [5, 5.41) is 4.52. The molecule has 1 amide bonds. The number of rotatable bonds is 8. The van der Waals surface area contributed by atoms with Crippen molar-refractivity contribution in [3.05, 3.63) is 77.0 Å². The van der Waals surface area contributed by atoms with Gasteiger partial charge in [-0.15, -0.1) is 5.10 Å². The maximum Gasteiger partial charge on any atom is 0.276 e. The zero-order valence-corrected chi connectivity index (χ0v) is 21.5. The molecule has 5 rings (SSSR count). The summed E-state index contributed by atoms with van der Waals surface area (Å²) in [6.07, 6.45) is 13.0. The second kappa shape index (κ2) is 11.5.